The van der Waals surface area contributed by atoms with Crippen LogP contribution in [0.1, 0.15) is 38.5 Å². The Morgan fingerprint density at radius 1 is 1.25 bits per heavy atom. The minimum absolute atomic E-state index is 0.0814. The Labute approximate surface area is 96.3 Å². The van der Waals surface area contributed by atoms with Gasteiger partial charge in [-0.1, -0.05) is 6.42 Å². The average Bonchev–Trinajstić information content (AvgIpc) is 2.84. The zero-order valence-electron chi connectivity index (χ0n) is 9.65. The number of carbonyl (C=O) groups excluding carboxylic acids is 1. The third kappa shape index (κ3) is 1.79. The van der Waals surface area contributed by atoms with Gasteiger partial charge in [0.25, 0.3) is 0 Å². The van der Waals surface area contributed by atoms with Crippen LogP contribution >= 0.6 is 0 Å². The summed E-state index contributed by atoms with van der Waals surface area (Å²) in [6.45, 7) is 1.95. The first-order valence-electron chi connectivity index (χ1n) is 6.55. The number of nitrogens with one attached hydrogen (secondary N) is 1. The fraction of sp³-hybridized carbons (Fsp3) is 0.917. The van der Waals surface area contributed by atoms with Crippen molar-refractivity contribution in [2.24, 2.45) is 0 Å². The number of piperidine rings is 1. The van der Waals surface area contributed by atoms with E-state index in [0.29, 0.717) is 12.1 Å². The number of carbonyl (C=O) groups is 1. The second-order valence-electron chi connectivity index (χ2n) is 5.22. The van der Waals surface area contributed by atoms with E-state index in [1.54, 1.807) is 0 Å². The summed E-state index contributed by atoms with van der Waals surface area (Å²) in [5.41, 5.74) is 0. The van der Waals surface area contributed by atoms with Crippen molar-refractivity contribution < 1.29 is 9.53 Å². The van der Waals surface area contributed by atoms with Crippen molar-refractivity contribution in [3.05, 3.63) is 0 Å². The van der Waals surface area contributed by atoms with E-state index in [9.17, 15) is 4.79 Å². The molecule has 1 saturated carbocycles. The van der Waals surface area contributed by atoms with Gasteiger partial charge in [-0.3, -0.25) is 4.90 Å². The average molecular weight is 224 g/mol. The van der Waals surface area contributed by atoms with Gasteiger partial charge in [0, 0.05) is 12.6 Å². The van der Waals surface area contributed by atoms with Gasteiger partial charge in [-0.2, -0.15) is 0 Å². The largest absolute Gasteiger partial charge is 0.444 e. The first kappa shape index (κ1) is 10.4. The fourth-order valence-electron chi connectivity index (χ4n) is 3.26. The van der Waals surface area contributed by atoms with Crippen LogP contribution in [-0.4, -0.2) is 42.3 Å². The van der Waals surface area contributed by atoms with Gasteiger partial charge in [-0.25, -0.2) is 4.79 Å². The second kappa shape index (κ2) is 4.24. The van der Waals surface area contributed by atoms with Gasteiger partial charge in [0.2, 0.25) is 0 Å². The van der Waals surface area contributed by atoms with Crippen LogP contribution in [0, 0.1) is 0 Å². The molecule has 0 aromatic carbocycles. The van der Waals surface area contributed by atoms with Crippen LogP contribution in [0.2, 0.25) is 0 Å². The Balaban J connectivity index is 1.62. The number of fused-ring (bicyclic) bond motifs is 1. The summed E-state index contributed by atoms with van der Waals surface area (Å²) in [7, 11) is 0. The smallest absolute Gasteiger partial charge is 0.410 e. The van der Waals surface area contributed by atoms with E-state index >= 15 is 0 Å². The van der Waals surface area contributed by atoms with E-state index in [-0.39, 0.29) is 12.2 Å². The third-order valence-electron chi connectivity index (χ3n) is 4.13. The van der Waals surface area contributed by atoms with Gasteiger partial charge in [0.15, 0.2) is 0 Å². The highest BCUT2D eigenvalue weighted by atomic mass is 16.6. The number of nitrogens with zero attached hydrogens (tertiary/aromatic N) is 1. The Bertz CT molecular complexity index is 276. The molecule has 1 aliphatic carbocycles. The number of rotatable bonds is 2. The fourth-order valence-corrected chi connectivity index (χ4v) is 3.26. The quantitative estimate of drug-likeness (QED) is 0.773. The lowest BCUT2D eigenvalue weighted by Crippen LogP contribution is -2.46. The molecule has 0 radical (unpaired) electrons. The molecule has 90 valence electrons. The van der Waals surface area contributed by atoms with Gasteiger partial charge >= 0.3 is 6.09 Å². The summed E-state index contributed by atoms with van der Waals surface area (Å²) in [5.74, 6) is 0. The van der Waals surface area contributed by atoms with Gasteiger partial charge in [-0.05, 0) is 38.6 Å². The van der Waals surface area contributed by atoms with Crippen molar-refractivity contribution in [2.75, 3.05) is 13.1 Å². The number of amides is 1. The minimum Gasteiger partial charge on any atom is -0.444 e. The van der Waals surface area contributed by atoms with Gasteiger partial charge in [0.1, 0.15) is 6.10 Å². The first-order chi connectivity index (χ1) is 7.84. The Morgan fingerprint density at radius 2 is 2.19 bits per heavy atom. The van der Waals surface area contributed by atoms with Crippen LogP contribution in [0.5, 0.6) is 0 Å². The molecule has 3 aliphatic rings. The normalized spacial score (nSPS) is 38.6. The lowest BCUT2D eigenvalue weighted by Gasteiger charge is -2.29. The van der Waals surface area contributed by atoms with Crippen molar-refractivity contribution in [3.8, 4) is 0 Å². The van der Waals surface area contributed by atoms with Crippen molar-refractivity contribution >= 4 is 6.09 Å². The first-order valence-corrected chi connectivity index (χ1v) is 6.55. The third-order valence-corrected chi connectivity index (χ3v) is 4.13. The van der Waals surface area contributed by atoms with E-state index in [1.165, 1.54) is 25.7 Å². The van der Waals surface area contributed by atoms with E-state index in [1.807, 2.05) is 4.90 Å². The highest BCUT2D eigenvalue weighted by molar-refractivity contribution is 5.71. The highest BCUT2D eigenvalue weighted by Gasteiger charge is 2.44. The molecule has 3 rings (SSSR count). The number of hydrogen-bond donors (Lipinski definition) is 1. The number of hydrogen-bond acceptors (Lipinski definition) is 3. The lowest BCUT2D eigenvalue weighted by molar-refractivity contribution is 0.129. The molecule has 1 amide bonds. The predicted octanol–water partition coefficient (Wildman–Crippen LogP) is 1.50. The van der Waals surface area contributed by atoms with Gasteiger partial charge < -0.3 is 10.1 Å². The molecule has 4 nitrogen and oxygen atoms in total. The molecule has 0 aromatic rings. The topological polar surface area (TPSA) is 41.6 Å². The summed E-state index contributed by atoms with van der Waals surface area (Å²) >= 11 is 0. The summed E-state index contributed by atoms with van der Waals surface area (Å²) in [6, 6.07) is 0.858. The van der Waals surface area contributed by atoms with E-state index in [2.05, 4.69) is 5.32 Å². The molecule has 3 atom stereocenters. The molecule has 0 spiro atoms. The predicted molar refractivity (Wildman–Crippen MR) is 60.3 cm³/mol. The maximum Gasteiger partial charge on any atom is 0.410 e. The van der Waals surface area contributed by atoms with Crippen LogP contribution in [0.4, 0.5) is 4.79 Å². The van der Waals surface area contributed by atoms with Crippen molar-refractivity contribution in [3.63, 3.8) is 0 Å². The van der Waals surface area contributed by atoms with Gasteiger partial charge in [-0.15, -0.1) is 0 Å². The van der Waals surface area contributed by atoms with E-state index in [4.69, 9.17) is 4.74 Å². The molecule has 16 heavy (non-hydrogen) atoms. The van der Waals surface area contributed by atoms with Crippen molar-refractivity contribution in [1.29, 1.82) is 0 Å². The molecule has 2 heterocycles. The standard InChI is InChI=1S/C12H20N2O2/c15-12-14(8-9-4-1-2-7-13-9)10-5-3-6-11(10)16-12/h9-11,13H,1-8H2. The second-order valence-corrected chi connectivity index (χ2v) is 5.22. The van der Waals surface area contributed by atoms with Gasteiger partial charge in [0.05, 0.1) is 6.04 Å². The molecule has 2 saturated heterocycles. The monoisotopic (exact) mass is 224 g/mol. The molecular weight excluding hydrogens is 204 g/mol. The summed E-state index contributed by atoms with van der Waals surface area (Å²) in [5, 5.41) is 3.50. The summed E-state index contributed by atoms with van der Waals surface area (Å²) in [6.07, 6.45) is 7.26. The maximum absolute atomic E-state index is 11.7. The van der Waals surface area contributed by atoms with Crippen LogP contribution in [0.3, 0.4) is 0 Å². The molecule has 4 heteroatoms. The van der Waals surface area contributed by atoms with Crippen molar-refractivity contribution in [2.45, 2.75) is 56.7 Å². The Hall–Kier alpha value is -0.770. The van der Waals surface area contributed by atoms with E-state index < -0.39 is 0 Å². The minimum atomic E-state index is -0.0814. The van der Waals surface area contributed by atoms with Crippen LogP contribution in [-0.2, 0) is 4.74 Å². The van der Waals surface area contributed by atoms with E-state index in [0.717, 1.165) is 25.9 Å². The highest BCUT2D eigenvalue weighted by Crippen LogP contribution is 2.33. The molecule has 3 fully saturated rings. The molecule has 1 N–H and O–H groups in total. The van der Waals surface area contributed by atoms with Crippen molar-refractivity contribution in [1.82, 2.24) is 10.2 Å². The zero-order valence-corrected chi connectivity index (χ0v) is 9.65. The zero-order chi connectivity index (χ0) is 11.0. The molecule has 2 aliphatic heterocycles. The van der Waals surface area contributed by atoms with Crippen LogP contribution in [0.15, 0.2) is 0 Å². The molecule has 0 bridgehead atoms. The summed E-state index contributed by atoms with van der Waals surface area (Å²) < 4.78 is 5.40. The lowest BCUT2D eigenvalue weighted by atomic mass is 10.0. The molecular formula is C12H20N2O2. The molecule has 0 aromatic heterocycles. The summed E-state index contributed by atoms with van der Waals surface area (Å²) in [4.78, 5) is 13.7. The Morgan fingerprint density at radius 3 is 3.00 bits per heavy atom. The molecule has 3 unspecified atom stereocenters. The maximum atomic E-state index is 11.7. The SMILES string of the molecule is O=C1OC2CCCC2N1CC1CCCCN1. The Kier molecular flexibility index (Phi) is 2.75. The van der Waals surface area contributed by atoms with Crippen LogP contribution < -0.4 is 5.32 Å². The van der Waals surface area contributed by atoms with Crippen LogP contribution in [0.25, 0.3) is 0 Å². The number of ether oxygens (including phenoxy) is 1.